The van der Waals surface area contributed by atoms with E-state index < -0.39 is 11.9 Å². The second kappa shape index (κ2) is 7.15. The van der Waals surface area contributed by atoms with Gasteiger partial charge in [0.05, 0.1) is 31.9 Å². The molecule has 0 bridgehead atoms. The van der Waals surface area contributed by atoms with E-state index in [0.29, 0.717) is 17.0 Å². The summed E-state index contributed by atoms with van der Waals surface area (Å²) in [4.78, 5) is 0. The van der Waals surface area contributed by atoms with Gasteiger partial charge >= 0.3 is 0 Å². The molecule has 0 fully saturated rings. The first kappa shape index (κ1) is 16.1. The Bertz CT molecular complexity index is 776. The molecule has 1 unspecified atom stereocenters. The second-order valence-electron chi connectivity index (χ2n) is 4.63. The topological polar surface area (TPSA) is 78.1 Å². The van der Waals surface area contributed by atoms with Crippen molar-refractivity contribution in [2.24, 2.45) is 0 Å². The van der Waals surface area contributed by atoms with E-state index in [1.165, 1.54) is 26.4 Å². The summed E-state index contributed by atoms with van der Waals surface area (Å²) in [6.07, 6.45) is 0. The predicted molar refractivity (Wildman–Crippen MR) is 82.6 cm³/mol. The standard InChI is InChI=1S/C17H14FN3O2/c1-22-13-7-14(17(18)16(8-13)23-2)15(10-20)21-12-5-3-11(9-19)4-6-12/h3-8,15,21H,1-2H3. The van der Waals surface area contributed by atoms with Crippen LogP contribution in [0.2, 0.25) is 0 Å². The molecule has 2 rings (SSSR count). The Morgan fingerprint density at radius 1 is 1.09 bits per heavy atom. The van der Waals surface area contributed by atoms with E-state index in [-0.39, 0.29) is 11.3 Å². The van der Waals surface area contributed by atoms with Crippen molar-refractivity contribution in [1.82, 2.24) is 0 Å². The van der Waals surface area contributed by atoms with Crippen LogP contribution in [0.3, 0.4) is 0 Å². The van der Waals surface area contributed by atoms with Gasteiger partial charge in [0.2, 0.25) is 0 Å². The Labute approximate surface area is 133 Å². The van der Waals surface area contributed by atoms with Gasteiger partial charge in [0.25, 0.3) is 0 Å². The zero-order valence-electron chi connectivity index (χ0n) is 12.6. The predicted octanol–water partition coefficient (Wildman–Crippen LogP) is 3.39. The van der Waals surface area contributed by atoms with E-state index in [1.54, 1.807) is 24.3 Å². The molecule has 0 saturated carbocycles. The van der Waals surface area contributed by atoms with Crippen LogP contribution >= 0.6 is 0 Å². The Morgan fingerprint density at radius 3 is 2.30 bits per heavy atom. The van der Waals surface area contributed by atoms with Crippen LogP contribution in [-0.2, 0) is 0 Å². The highest BCUT2D eigenvalue weighted by molar-refractivity contribution is 5.52. The summed E-state index contributed by atoms with van der Waals surface area (Å²) in [5, 5.41) is 21.1. The van der Waals surface area contributed by atoms with Gasteiger partial charge in [-0.1, -0.05) is 0 Å². The number of hydrogen-bond acceptors (Lipinski definition) is 5. The molecule has 0 aliphatic heterocycles. The van der Waals surface area contributed by atoms with Gasteiger partial charge in [0.15, 0.2) is 11.6 Å². The molecule has 0 aromatic heterocycles. The Hall–Kier alpha value is -3.25. The van der Waals surface area contributed by atoms with Crippen LogP contribution in [0.1, 0.15) is 17.2 Å². The molecule has 0 saturated heterocycles. The minimum atomic E-state index is -0.938. The lowest BCUT2D eigenvalue weighted by Crippen LogP contribution is -2.11. The van der Waals surface area contributed by atoms with Crippen molar-refractivity contribution in [2.45, 2.75) is 6.04 Å². The van der Waals surface area contributed by atoms with Crippen molar-refractivity contribution in [3.8, 4) is 23.6 Å². The first-order chi connectivity index (χ1) is 11.1. The molecule has 116 valence electrons. The largest absolute Gasteiger partial charge is 0.497 e. The van der Waals surface area contributed by atoms with E-state index >= 15 is 0 Å². The summed E-state index contributed by atoms with van der Waals surface area (Å²) < 4.78 is 24.5. The molecule has 0 spiro atoms. The maximum atomic E-state index is 14.4. The van der Waals surface area contributed by atoms with E-state index in [2.05, 4.69) is 5.32 Å². The average molecular weight is 311 g/mol. The summed E-state index contributed by atoms with van der Waals surface area (Å²) in [5.74, 6) is -0.234. The molecule has 0 heterocycles. The molecule has 0 amide bonds. The minimum Gasteiger partial charge on any atom is -0.497 e. The number of halogens is 1. The summed E-state index contributed by atoms with van der Waals surface area (Å²) in [7, 11) is 2.79. The number of anilines is 1. The van der Waals surface area contributed by atoms with Crippen LogP contribution in [0.5, 0.6) is 11.5 Å². The highest BCUT2D eigenvalue weighted by Gasteiger charge is 2.20. The highest BCUT2D eigenvalue weighted by atomic mass is 19.1. The van der Waals surface area contributed by atoms with Crippen LogP contribution in [0.25, 0.3) is 0 Å². The van der Waals surface area contributed by atoms with Gasteiger partial charge in [-0.25, -0.2) is 4.39 Å². The van der Waals surface area contributed by atoms with Crippen molar-refractivity contribution < 1.29 is 13.9 Å². The SMILES string of the molecule is COc1cc(OC)c(F)c(C(C#N)Nc2ccc(C#N)cc2)c1. The van der Waals surface area contributed by atoms with Gasteiger partial charge in [-0.2, -0.15) is 10.5 Å². The molecule has 0 radical (unpaired) electrons. The Kier molecular flexibility index (Phi) is 5.01. The molecule has 0 aliphatic rings. The van der Waals surface area contributed by atoms with Crippen LogP contribution in [0.4, 0.5) is 10.1 Å². The van der Waals surface area contributed by atoms with Gasteiger partial charge < -0.3 is 14.8 Å². The number of nitriles is 2. The van der Waals surface area contributed by atoms with Crippen LogP contribution in [-0.4, -0.2) is 14.2 Å². The van der Waals surface area contributed by atoms with E-state index in [1.807, 2.05) is 12.1 Å². The minimum absolute atomic E-state index is 0.00114. The van der Waals surface area contributed by atoms with E-state index in [9.17, 15) is 9.65 Å². The fraction of sp³-hybridized carbons (Fsp3) is 0.176. The maximum Gasteiger partial charge on any atom is 0.171 e. The molecule has 5 nitrogen and oxygen atoms in total. The van der Waals surface area contributed by atoms with Gasteiger partial charge in [-0.15, -0.1) is 0 Å². The number of hydrogen-bond donors (Lipinski definition) is 1. The number of benzene rings is 2. The lowest BCUT2D eigenvalue weighted by Gasteiger charge is -2.16. The third-order valence-electron chi connectivity index (χ3n) is 3.26. The average Bonchev–Trinajstić information content (AvgIpc) is 2.60. The summed E-state index contributed by atoms with van der Waals surface area (Å²) >= 11 is 0. The zero-order valence-corrected chi connectivity index (χ0v) is 12.6. The van der Waals surface area contributed by atoms with Crippen LogP contribution in [0.15, 0.2) is 36.4 Å². The van der Waals surface area contributed by atoms with Crippen molar-refractivity contribution in [2.75, 3.05) is 19.5 Å². The van der Waals surface area contributed by atoms with Crippen LogP contribution in [0, 0.1) is 28.5 Å². The lowest BCUT2D eigenvalue weighted by atomic mass is 10.1. The number of nitrogens with one attached hydrogen (secondary N) is 1. The summed E-state index contributed by atoms with van der Waals surface area (Å²) in [6, 6.07) is 12.5. The van der Waals surface area contributed by atoms with Crippen molar-refractivity contribution in [3.05, 3.63) is 53.3 Å². The fourth-order valence-corrected chi connectivity index (χ4v) is 2.06. The number of ether oxygens (including phenoxy) is 2. The van der Waals surface area contributed by atoms with Crippen LogP contribution < -0.4 is 14.8 Å². The summed E-state index contributed by atoms with van der Waals surface area (Å²) in [6.45, 7) is 0. The Morgan fingerprint density at radius 2 is 1.78 bits per heavy atom. The molecule has 2 aromatic rings. The van der Waals surface area contributed by atoms with Gasteiger partial charge in [-0.3, -0.25) is 0 Å². The Balaban J connectivity index is 2.37. The molecular weight excluding hydrogens is 297 g/mol. The second-order valence-corrected chi connectivity index (χ2v) is 4.63. The molecule has 2 aromatic carbocycles. The third-order valence-corrected chi connectivity index (χ3v) is 3.26. The smallest absolute Gasteiger partial charge is 0.171 e. The molecule has 0 aliphatic carbocycles. The third kappa shape index (κ3) is 3.50. The zero-order chi connectivity index (χ0) is 16.8. The molecule has 1 N–H and O–H groups in total. The number of rotatable bonds is 5. The monoisotopic (exact) mass is 311 g/mol. The summed E-state index contributed by atoms with van der Waals surface area (Å²) in [5.41, 5.74) is 1.21. The van der Waals surface area contributed by atoms with Crippen molar-refractivity contribution in [1.29, 1.82) is 10.5 Å². The normalized spacial score (nSPS) is 11.0. The molecule has 6 heteroatoms. The first-order valence-corrected chi connectivity index (χ1v) is 6.70. The highest BCUT2D eigenvalue weighted by Crippen LogP contribution is 2.32. The van der Waals surface area contributed by atoms with E-state index in [0.717, 1.165) is 0 Å². The van der Waals surface area contributed by atoms with Crippen molar-refractivity contribution in [3.63, 3.8) is 0 Å². The lowest BCUT2D eigenvalue weighted by molar-refractivity contribution is 0.371. The molecular formula is C17H14FN3O2. The van der Waals surface area contributed by atoms with Gasteiger partial charge in [0, 0.05) is 17.3 Å². The first-order valence-electron chi connectivity index (χ1n) is 6.70. The van der Waals surface area contributed by atoms with Crippen molar-refractivity contribution >= 4 is 5.69 Å². The number of nitrogens with zero attached hydrogens (tertiary/aromatic N) is 2. The van der Waals surface area contributed by atoms with Gasteiger partial charge in [0.1, 0.15) is 11.8 Å². The molecule has 23 heavy (non-hydrogen) atoms. The fourth-order valence-electron chi connectivity index (χ4n) is 2.06. The van der Waals surface area contributed by atoms with E-state index in [4.69, 9.17) is 14.7 Å². The van der Waals surface area contributed by atoms with Gasteiger partial charge in [-0.05, 0) is 30.3 Å². The quantitative estimate of drug-likeness (QED) is 0.915. The number of methoxy groups -OCH3 is 2. The molecule has 1 atom stereocenters. The maximum absolute atomic E-state index is 14.4.